The summed E-state index contributed by atoms with van der Waals surface area (Å²) < 4.78 is 45.9. The van der Waals surface area contributed by atoms with E-state index in [1.54, 1.807) is 18.1 Å². The van der Waals surface area contributed by atoms with Crippen molar-refractivity contribution >= 4 is 50.6 Å². The Balaban J connectivity index is 1.10. The number of nitrogens with one attached hydrogen (secondary N) is 3. The molecule has 0 radical (unpaired) electrons. The summed E-state index contributed by atoms with van der Waals surface area (Å²) in [7, 11) is -0.878. The summed E-state index contributed by atoms with van der Waals surface area (Å²) in [6.45, 7) is 0.589. The van der Waals surface area contributed by atoms with Crippen molar-refractivity contribution < 1.29 is 46.6 Å². The van der Waals surface area contributed by atoms with Crippen LogP contribution in [0.1, 0.15) is 70.6 Å². The second-order valence-electron chi connectivity index (χ2n) is 17.1. The molecule has 0 bridgehead atoms. The number of hydrogen-bond acceptors (Lipinski definition) is 11. The number of aromatic nitrogens is 1. The Bertz CT molecular complexity index is 2360. The van der Waals surface area contributed by atoms with Crippen molar-refractivity contribution in [2.24, 2.45) is 11.8 Å². The monoisotopic (exact) mass is 870 g/mol. The van der Waals surface area contributed by atoms with E-state index in [0.29, 0.717) is 73.2 Å². The number of allylic oxidation sites excluding steroid dienone is 1. The fourth-order valence-electron chi connectivity index (χ4n) is 8.92. The van der Waals surface area contributed by atoms with Crippen LogP contribution in [0.3, 0.4) is 0 Å². The SMILES string of the molecule is CNC(=O)O[C@H]1CCN(C(=O)C[C@H]2CCCCCC=CC3C[C@@]3(C(=O)NS(=O)(=O)C3CC3)NC(=O)[C@@H]3C[C@@H](Oc4cc(-c5ccccc5)nc5cc(OC)ccc45)CN3C2=O)C1. The van der Waals surface area contributed by atoms with E-state index in [1.165, 1.54) is 11.9 Å². The lowest BCUT2D eigenvalue weighted by Crippen LogP contribution is -2.57. The zero-order chi connectivity index (χ0) is 43.6. The normalized spacial score (nSPS) is 26.6. The third kappa shape index (κ3) is 9.37. The summed E-state index contributed by atoms with van der Waals surface area (Å²) in [4.78, 5) is 77.3. The van der Waals surface area contributed by atoms with E-state index in [1.807, 2.05) is 60.7 Å². The first-order chi connectivity index (χ1) is 29.9. The van der Waals surface area contributed by atoms with Gasteiger partial charge in [0, 0.05) is 67.8 Å². The van der Waals surface area contributed by atoms with Crippen molar-refractivity contribution in [2.45, 2.75) is 99.7 Å². The Kier molecular flexibility index (Phi) is 12.4. The van der Waals surface area contributed by atoms with E-state index < -0.39 is 68.8 Å². The van der Waals surface area contributed by atoms with Crippen LogP contribution in [-0.4, -0.2) is 116 Å². The number of fused-ring (bicyclic) bond motifs is 3. The van der Waals surface area contributed by atoms with Crippen LogP contribution in [0.5, 0.6) is 11.5 Å². The van der Waals surface area contributed by atoms with Gasteiger partial charge in [0.25, 0.3) is 5.91 Å². The molecule has 1 unspecified atom stereocenters. The molecule has 6 atom stereocenters. The maximum absolute atomic E-state index is 15.0. The Hall–Kier alpha value is -5.71. The number of amides is 5. The minimum atomic E-state index is -3.92. The van der Waals surface area contributed by atoms with E-state index >= 15 is 0 Å². The van der Waals surface area contributed by atoms with Crippen LogP contribution in [0.25, 0.3) is 22.2 Å². The van der Waals surface area contributed by atoms with Gasteiger partial charge in [0.05, 0.1) is 36.7 Å². The number of rotatable bonds is 10. The number of benzene rings is 2. The Morgan fingerprint density at radius 2 is 1.77 bits per heavy atom. The standard InChI is InChI=1S/C45H54N6O10S/c1-46-44(56)61-32-19-20-50(26-32)40(52)21-29-13-7-4-3-5-10-14-30-25-45(30,43(55)49-62(57,58)34-16-17-34)48-41(53)38-23-33(27-51(38)42(29)54)60-39-24-36(28-11-8-6-9-12-28)47-37-22-31(59-2)15-18-35(37)39/h6,8-12,14-15,18,22,24,29-30,32-34,38H,3-5,7,13,16-17,19-21,23,25-27H2,1-2H3,(H,46,56)(H,48,53)(H,49,55)/t29-,30?,32+,33-,38+,45-/m1/s1. The number of methoxy groups -OCH3 is 1. The molecule has 5 aliphatic rings. The van der Waals surface area contributed by atoms with Crippen LogP contribution in [0.15, 0.2) is 66.7 Å². The first-order valence-corrected chi connectivity index (χ1v) is 23.1. The highest BCUT2D eigenvalue weighted by atomic mass is 32.2. The quantitative estimate of drug-likeness (QED) is 0.246. The van der Waals surface area contributed by atoms with Gasteiger partial charge in [-0.2, -0.15) is 0 Å². The van der Waals surface area contributed by atoms with E-state index in [2.05, 4.69) is 15.4 Å². The van der Waals surface area contributed by atoms with Crippen LogP contribution in [-0.2, 0) is 33.9 Å². The number of likely N-dealkylation sites (tertiary alicyclic amines) is 1. The summed E-state index contributed by atoms with van der Waals surface area (Å²) >= 11 is 0. The number of sulfonamides is 1. The topological polar surface area (TPSA) is 203 Å². The first kappa shape index (κ1) is 43.0. The molecule has 2 aromatic carbocycles. The predicted molar refractivity (Wildman–Crippen MR) is 228 cm³/mol. The number of ether oxygens (including phenoxy) is 3. The summed E-state index contributed by atoms with van der Waals surface area (Å²) in [6.07, 6.45) is 6.97. The van der Waals surface area contributed by atoms with Crippen molar-refractivity contribution in [3.63, 3.8) is 0 Å². The zero-order valence-corrected chi connectivity index (χ0v) is 35.9. The van der Waals surface area contributed by atoms with Crippen molar-refractivity contribution in [1.29, 1.82) is 0 Å². The van der Waals surface area contributed by atoms with Gasteiger partial charge < -0.3 is 34.6 Å². The molecule has 62 heavy (non-hydrogen) atoms. The van der Waals surface area contributed by atoms with E-state index in [9.17, 15) is 32.4 Å². The Labute approximate surface area is 361 Å². The van der Waals surface area contributed by atoms with Gasteiger partial charge in [-0.25, -0.2) is 18.2 Å². The molecule has 5 amide bonds. The molecule has 4 heterocycles. The minimum Gasteiger partial charge on any atom is -0.497 e. The maximum Gasteiger partial charge on any atom is 0.407 e. The fraction of sp³-hybridized carbons (Fsp3) is 0.511. The average Bonchev–Trinajstić information content (AvgIpc) is 4.15. The highest BCUT2D eigenvalue weighted by molar-refractivity contribution is 7.91. The highest BCUT2D eigenvalue weighted by Gasteiger charge is 2.62. The third-order valence-corrected chi connectivity index (χ3v) is 14.5. The highest BCUT2D eigenvalue weighted by Crippen LogP contribution is 2.46. The molecule has 3 aliphatic heterocycles. The van der Waals surface area contributed by atoms with Gasteiger partial charge in [0.1, 0.15) is 35.3 Å². The lowest BCUT2D eigenvalue weighted by atomic mass is 9.94. The van der Waals surface area contributed by atoms with Crippen molar-refractivity contribution in [2.75, 3.05) is 33.8 Å². The molecule has 0 spiro atoms. The summed E-state index contributed by atoms with van der Waals surface area (Å²) in [5.41, 5.74) is 0.599. The Morgan fingerprint density at radius 3 is 2.53 bits per heavy atom. The number of hydrogen-bond donors (Lipinski definition) is 3. The van der Waals surface area contributed by atoms with Crippen LogP contribution < -0.4 is 24.8 Å². The van der Waals surface area contributed by atoms with Crippen molar-refractivity contribution in [3.8, 4) is 22.8 Å². The molecule has 2 aliphatic carbocycles. The predicted octanol–water partition coefficient (Wildman–Crippen LogP) is 4.23. The van der Waals surface area contributed by atoms with Crippen molar-refractivity contribution in [1.82, 2.24) is 30.1 Å². The summed E-state index contributed by atoms with van der Waals surface area (Å²) in [5, 5.41) is 5.41. The van der Waals surface area contributed by atoms with Crippen LogP contribution in [0, 0.1) is 11.8 Å². The van der Waals surface area contributed by atoms with E-state index in [-0.39, 0.29) is 44.2 Å². The fourth-order valence-corrected chi connectivity index (χ4v) is 10.3. The number of alkyl carbamates (subject to hydrolysis) is 1. The van der Waals surface area contributed by atoms with Crippen LogP contribution in [0.2, 0.25) is 0 Å². The second kappa shape index (κ2) is 17.9. The zero-order valence-electron chi connectivity index (χ0n) is 35.0. The van der Waals surface area contributed by atoms with Gasteiger partial charge in [0.15, 0.2) is 0 Å². The number of nitrogens with zero attached hydrogens (tertiary/aromatic N) is 3. The van der Waals surface area contributed by atoms with Crippen LogP contribution >= 0.6 is 0 Å². The van der Waals surface area contributed by atoms with Gasteiger partial charge in [-0.3, -0.25) is 23.9 Å². The largest absolute Gasteiger partial charge is 0.497 e. The van der Waals surface area contributed by atoms with Gasteiger partial charge in [0.2, 0.25) is 27.7 Å². The van der Waals surface area contributed by atoms with E-state index in [4.69, 9.17) is 19.2 Å². The van der Waals surface area contributed by atoms with Gasteiger partial charge in [-0.15, -0.1) is 0 Å². The number of carbonyl (C=O) groups excluding carboxylic acids is 5. The second-order valence-corrected chi connectivity index (χ2v) is 19.0. The molecule has 2 saturated carbocycles. The molecular weight excluding hydrogens is 817 g/mol. The molecule has 17 heteroatoms. The van der Waals surface area contributed by atoms with Gasteiger partial charge >= 0.3 is 6.09 Å². The molecule has 3 aromatic rings. The maximum atomic E-state index is 15.0. The molecule has 4 fully saturated rings. The molecule has 8 rings (SSSR count). The Morgan fingerprint density at radius 1 is 0.968 bits per heavy atom. The summed E-state index contributed by atoms with van der Waals surface area (Å²) in [5.74, 6) is -2.16. The van der Waals surface area contributed by atoms with Crippen molar-refractivity contribution in [3.05, 3.63) is 66.7 Å². The lowest BCUT2D eigenvalue weighted by molar-refractivity contribution is -0.145. The van der Waals surface area contributed by atoms with Gasteiger partial charge in [-0.1, -0.05) is 55.3 Å². The van der Waals surface area contributed by atoms with E-state index in [0.717, 1.165) is 18.4 Å². The van der Waals surface area contributed by atoms with Crippen LogP contribution in [0.4, 0.5) is 4.79 Å². The molecule has 330 valence electrons. The first-order valence-electron chi connectivity index (χ1n) is 21.6. The lowest BCUT2D eigenvalue weighted by Gasteiger charge is -2.30. The molecule has 2 saturated heterocycles. The molecule has 3 N–H and O–H groups in total. The summed E-state index contributed by atoms with van der Waals surface area (Å²) in [6, 6.07) is 15.8. The number of pyridine rings is 1. The molecule has 16 nitrogen and oxygen atoms in total. The third-order valence-electron chi connectivity index (χ3n) is 12.7. The number of carbonyl (C=O) groups is 5. The molecule has 1 aromatic heterocycles. The average molecular weight is 871 g/mol. The minimum absolute atomic E-state index is 0.00654. The smallest absolute Gasteiger partial charge is 0.407 e. The van der Waals surface area contributed by atoms with Gasteiger partial charge in [-0.05, 0) is 50.7 Å². The molecular formula is C45H54N6O10S.